The quantitative estimate of drug-likeness (QED) is 0.725. The summed E-state index contributed by atoms with van der Waals surface area (Å²) in [4.78, 5) is 0. The summed E-state index contributed by atoms with van der Waals surface area (Å²) in [5.41, 5.74) is 0. The highest BCUT2D eigenvalue weighted by molar-refractivity contribution is 7.75. The molecule has 9 heteroatoms. The van der Waals surface area contributed by atoms with Gasteiger partial charge in [-0.25, -0.2) is 0 Å². The Hall–Kier alpha value is -0.130. The van der Waals surface area contributed by atoms with E-state index in [4.69, 9.17) is 32.1 Å². The number of hydrogen-bond acceptors (Lipinski definition) is 8. The van der Waals surface area contributed by atoms with Crippen LogP contribution in [0.2, 0.25) is 0 Å². The summed E-state index contributed by atoms with van der Waals surface area (Å²) in [6, 6.07) is 0. The molecule has 0 aliphatic carbocycles. The molecule has 0 bridgehead atoms. The molecule has 0 spiro atoms. The third-order valence-electron chi connectivity index (χ3n) is 3.79. The van der Waals surface area contributed by atoms with Crippen LogP contribution in [-0.2, 0) is 43.4 Å². The summed E-state index contributed by atoms with van der Waals surface area (Å²) < 4.78 is 51.1. The summed E-state index contributed by atoms with van der Waals surface area (Å²) in [6.45, 7) is 9.38. The van der Waals surface area contributed by atoms with E-state index in [1.165, 1.54) is 0 Å². The van der Waals surface area contributed by atoms with Gasteiger partial charge in [-0.2, -0.15) is 4.21 Å². The van der Waals surface area contributed by atoms with Crippen molar-refractivity contribution in [2.24, 2.45) is 0 Å². The summed E-state index contributed by atoms with van der Waals surface area (Å²) >= 11 is -1.82. The van der Waals surface area contributed by atoms with Gasteiger partial charge in [0.2, 0.25) is 0 Å². The van der Waals surface area contributed by atoms with Crippen LogP contribution in [0.1, 0.15) is 34.6 Å². The first-order chi connectivity index (χ1) is 10.7. The van der Waals surface area contributed by atoms with E-state index in [0.29, 0.717) is 6.61 Å². The van der Waals surface area contributed by atoms with Gasteiger partial charge in [0.1, 0.15) is 24.4 Å². The molecule has 0 radical (unpaired) electrons. The van der Waals surface area contributed by atoms with Gasteiger partial charge in [-0.15, -0.1) is 0 Å². The summed E-state index contributed by atoms with van der Waals surface area (Å²) in [5, 5.41) is 0. The zero-order valence-corrected chi connectivity index (χ0v) is 14.8. The molecule has 3 heterocycles. The molecule has 3 aliphatic heterocycles. The fraction of sp³-hybridized carbons (Fsp3) is 1.00. The van der Waals surface area contributed by atoms with Gasteiger partial charge in [0.15, 0.2) is 17.9 Å². The molecule has 3 rings (SSSR count). The average Bonchev–Trinajstić information content (AvgIpc) is 2.90. The Morgan fingerprint density at radius 2 is 1.52 bits per heavy atom. The lowest BCUT2D eigenvalue weighted by Crippen LogP contribution is -2.56. The largest absolute Gasteiger partial charge is 0.342 e. The topological polar surface area (TPSA) is 81.7 Å². The van der Waals surface area contributed by atoms with E-state index in [0.717, 1.165) is 0 Å². The molecule has 0 N–H and O–H groups in total. The third-order valence-corrected chi connectivity index (χ3v) is 4.55. The SMILES string of the molecule is CCOS(=O)OC[C@H]1O[C@@H]2OC(C)(C)O[C@@H]2[C@H]2OC(C)(C)O[C@H]21. The minimum Gasteiger partial charge on any atom is -0.342 e. The van der Waals surface area contributed by atoms with Crippen LogP contribution in [0.3, 0.4) is 0 Å². The highest BCUT2D eigenvalue weighted by atomic mass is 32.2. The molecule has 0 aromatic carbocycles. The molecule has 3 aliphatic rings. The fourth-order valence-electron chi connectivity index (χ4n) is 3.08. The fourth-order valence-corrected chi connectivity index (χ4v) is 3.59. The van der Waals surface area contributed by atoms with E-state index >= 15 is 0 Å². The van der Waals surface area contributed by atoms with Crippen LogP contribution >= 0.6 is 0 Å². The van der Waals surface area contributed by atoms with Crippen molar-refractivity contribution in [3.05, 3.63) is 0 Å². The van der Waals surface area contributed by atoms with Crippen LogP contribution in [0.4, 0.5) is 0 Å². The second kappa shape index (κ2) is 6.30. The summed E-state index contributed by atoms with van der Waals surface area (Å²) in [7, 11) is 0. The van der Waals surface area contributed by atoms with Gasteiger partial charge in [-0.05, 0) is 34.6 Å². The van der Waals surface area contributed by atoms with Crippen molar-refractivity contribution in [1.29, 1.82) is 0 Å². The second-order valence-electron chi connectivity index (χ2n) is 6.60. The Bertz CT molecular complexity index is 468. The monoisotopic (exact) mass is 352 g/mol. The van der Waals surface area contributed by atoms with E-state index in [1.54, 1.807) is 6.92 Å². The van der Waals surface area contributed by atoms with E-state index in [1.807, 2.05) is 27.7 Å². The minimum absolute atomic E-state index is 0.0419. The van der Waals surface area contributed by atoms with Gasteiger partial charge in [0.25, 0.3) is 0 Å². The molecule has 8 nitrogen and oxygen atoms in total. The van der Waals surface area contributed by atoms with E-state index in [-0.39, 0.29) is 18.8 Å². The molecule has 23 heavy (non-hydrogen) atoms. The van der Waals surface area contributed by atoms with E-state index in [9.17, 15) is 4.21 Å². The normalized spacial score (nSPS) is 42.2. The standard InChI is InChI=1S/C14H24O8S/c1-6-16-23(15)17-7-8-9-10(20-13(2,3)19-9)11-12(18-8)22-14(4,5)21-11/h8-12H,6-7H2,1-5H3/t8-,9+,10+,11-,12-,23?/m1/s1. The zero-order valence-electron chi connectivity index (χ0n) is 14.0. The molecule has 6 atom stereocenters. The van der Waals surface area contributed by atoms with Crippen LogP contribution in [0.5, 0.6) is 0 Å². The summed E-state index contributed by atoms with van der Waals surface area (Å²) in [5.74, 6) is -1.53. The Labute approximate surface area is 138 Å². The Morgan fingerprint density at radius 1 is 0.913 bits per heavy atom. The average molecular weight is 352 g/mol. The maximum atomic E-state index is 11.5. The van der Waals surface area contributed by atoms with Gasteiger partial charge in [-0.1, -0.05) is 0 Å². The summed E-state index contributed by atoms with van der Waals surface area (Å²) in [6.07, 6.45) is -2.21. The molecular weight excluding hydrogens is 328 g/mol. The second-order valence-corrected chi connectivity index (χ2v) is 7.48. The molecule has 3 fully saturated rings. The predicted molar refractivity (Wildman–Crippen MR) is 78.2 cm³/mol. The first-order valence-corrected chi connectivity index (χ1v) is 8.76. The molecule has 0 saturated carbocycles. The molecule has 0 amide bonds. The first kappa shape index (κ1) is 17.7. The van der Waals surface area contributed by atoms with Crippen molar-refractivity contribution in [3.8, 4) is 0 Å². The van der Waals surface area contributed by atoms with E-state index in [2.05, 4.69) is 0 Å². The zero-order chi connectivity index (χ0) is 16.8. The minimum atomic E-state index is -1.82. The molecule has 134 valence electrons. The molecular formula is C14H24O8S. The van der Waals surface area contributed by atoms with Crippen LogP contribution in [-0.4, -0.2) is 59.7 Å². The van der Waals surface area contributed by atoms with Crippen molar-refractivity contribution in [2.75, 3.05) is 13.2 Å². The van der Waals surface area contributed by atoms with Gasteiger partial charge in [-0.3, -0.25) is 8.37 Å². The molecule has 1 unspecified atom stereocenters. The van der Waals surface area contributed by atoms with Crippen molar-refractivity contribution < 1.29 is 36.3 Å². The molecule has 0 aromatic rings. The van der Waals surface area contributed by atoms with E-state index < -0.39 is 41.4 Å². The Kier molecular flexibility index (Phi) is 4.85. The molecule has 0 aromatic heterocycles. The van der Waals surface area contributed by atoms with Gasteiger partial charge >= 0.3 is 11.4 Å². The van der Waals surface area contributed by atoms with Crippen molar-refractivity contribution in [1.82, 2.24) is 0 Å². The maximum absolute atomic E-state index is 11.5. The van der Waals surface area contributed by atoms with Gasteiger partial charge in [0.05, 0.1) is 13.2 Å². The predicted octanol–water partition coefficient (Wildman–Crippen LogP) is 1.01. The van der Waals surface area contributed by atoms with Crippen LogP contribution in [0, 0.1) is 0 Å². The Balaban J connectivity index is 1.72. The lowest BCUT2D eigenvalue weighted by Gasteiger charge is -2.36. The number of rotatable bonds is 5. The smallest absolute Gasteiger partial charge is 0.304 e. The third kappa shape index (κ3) is 3.77. The van der Waals surface area contributed by atoms with Crippen LogP contribution in [0.15, 0.2) is 0 Å². The highest BCUT2D eigenvalue weighted by Gasteiger charge is 2.60. The van der Waals surface area contributed by atoms with Crippen LogP contribution < -0.4 is 0 Å². The lowest BCUT2D eigenvalue weighted by molar-refractivity contribution is -0.238. The van der Waals surface area contributed by atoms with Crippen molar-refractivity contribution >= 4 is 11.4 Å². The molecule has 3 saturated heterocycles. The van der Waals surface area contributed by atoms with Crippen molar-refractivity contribution in [2.45, 2.75) is 76.9 Å². The van der Waals surface area contributed by atoms with Gasteiger partial charge < -0.3 is 23.7 Å². The first-order valence-electron chi connectivity index (χ1n) is 7.76. The van der Waals surface area contributed by atoms with Gasteiger partial charge in [0, 0.05) is 0 Å². The maximum Gasteiger partial charge on any atom is 0.304 e. The number of ether oxygens (including phenoxy) is 5. The number of hydrogen-bond donors (Lipinski definition) is 0. The lowest BCUT2D eigenvalue weighted by atomic mass is 9.99. The highest BCUT2D eigenvalue weighted by Crippen LogP contribution is 2.44. The number of fused-ring (bicyclic) bond motifs is 3. The van der Waals surface area contributed by atoms with Crippen molar-refractivity contribution in [3.63, 3.8) is 0 Å². The van der Waals surface area contributed by atoms with Crippen LogP contribution in [0.25, 0.3) is 0 Å². The Morgan fingerprint density at radius 3 is 2.22 bits per heavy atom.